The second-order valence-corrected chi connectivity index (χ2v) is 1.93. The third kappa shape index (κ3) is 3.48. The summed E-state index contributed by atoms with van der Waals surface area (Å²) in [5.41, 5.74) is 0. The van der Waals surface area contributed by atoms with Gasteiger partial charge >= 0.3 is 23.1 Å². The van der Waals surface area contributed by atoms with Crippen LogP contribution < -0.4 is 4.74 Å². The molecule has 0 unspecified atom stereocenters. The first-order valence-electron chi connectivity index (χ1n) is 3.24. The van der Waals surface area contributed by atoms with Gasteiger partial charge in [0.25, 0.3) is 0 Å². The molecular weight excluding hydrogens is 152 g/mol. The summed E-state index contributed by atoms with van der Waals surface area (Å²) in [7, 11) is 0. The summed E-state index contributed by atoms with van der Waals surface area (Å²) in [5, 5.41) is 8.87. The summed E-state index contributed by atoms with van der Waals surface area (Å²) in [6.07, 6.45) is 0. The molecule has 11 heavy (non-hydrogen) atoms. The molecule has 0 aromatic heterocycles. The van der Waals surface area contributed by atoms with E-state index in [-0.39, 0.29) is 31.7 Å². The fourth-order valence-electron chi connectivity index (χ4n) is 0.709. The molecule has 0 saturated heterocycles. The first-order valence-corrected chi connectivity index (χ1v) is 3.24. The van der Waals surface area contributed by atoms with Gasteiger partial charge in [-0.3, -0.25) is 0 Å². The van der Waals surface area contributed by atoms with E-state index in [0.717, 1.165) is 5.75 Å². The Bertz CT molecular complexity index is 204. The van der Waals surface area contributed by atoms with Crippen molar-refractivity contribution in [2.24, 2.45) is 0 Å². The summed E-state index contributed by atoms with van der Waals surface area (Å²) < 4.78 is 5.15. The van der Waals surface area contributed by atoms with Crippen LogP contribution in [0.1, 0.15) is 9.78 Å². The van der Waals surface area contributed by atoms with E-state index in [1.54, 1.807) is 24.3 Å². The van der Waals surface area contributed by atoms with Crippen molar-refractivity contribution in [3.63, 3.8) is 0 Å². The monoisotopic (exact) mass is 164 g/mol. The second kappa shape index (κ2) is 5.26. The van der Waals surface area contributed by atoms with Gasteiger partial charge in [0.2, 0.25) is 0 Å². The van der Waals surface area contributed by atoms with Crippen LogP contribution in [-0.2, 0) is 0 Å². The van der Waals surface area contributed by atoms with E-state index in [4.69, 9.17) is 9.84 Å². The predicted molar refractivity (Wildman–Crippen MR) is 47.3 cm³/mol. The number of benzene rings is 1. The number of phenols is 1. The number of phenolic OH excluding ortho intramolecular Hbond substituents is 1. The van der Waals surface area contributed by atoms with Crippen molar-refractivity contribution in [2.75, 3.05) is 6.61 Å². The molecule has 0 aliphatic heterocycles. The van der Waals surface area contributed by atoms with Crippen LogP contribution in [-0.4, -0.2) is 34.8 Å². The van der Waals surface area contributed by atoms with Gasteiger partial charge in [-0.2, -0.15) is 0 Å². The van der Waals surface area contributed by atoms with Crippen LogP contribution in [0.15, 0.2) is 24.3 Å². The Morgan fingerprint density at radius 3 is 2.36 bits per heavy atom. The molecule has 2 nitrogen and oxygen atoms in total. The summed E-state index contributed by atoms with van der Waals surface area (Å²) in [6.45, 7) is 2.58. The molecule has 0 bridgehead atoms. The fraction of sp³-hybridized carbons (Fsp3) is 0.250. The normalized spacial score (nSPS) is 8.45. The Morgan fingerprint density at radius 2 is 1.91 bits per heavy atom. The number of ether oxygens (including phenoxy) is 1. The smallest absolute Gasteiger partial charge is 1.00 e. The van der Waals surface area contributed by atoms with Gasteiger partial charge in [-0.05, 0) is 31.2 Å². The first kappa shape index (κ1) is 10.6. The van der Waals surface area contributed by atoms with Crippen LogP contribution in [0.25, 0.3) is 0 Å². The molecule has 3 heteroatoms. The number of hydrogen-bond acceptors (Lipinski definition) is 2. The maximum Gasteiger partial charge on any atom is 2.00 e. The molecule has 1 aromatic carbocycles. The van der Waals surface area contributed by atoms with E-state index in [1.807, 2.05) is 6.92 Å². The SMILES string of the molecule is CCOc1ccc(O)cc1.[H-].[H-].[Mg+2]. The number of aromatic hydroxyl groups is 1. The molecule has 0 amide bonds. The standard InChI is InChI=1S/C8H10O2.Mg.2H/c1-2-10-8-5-3-7(9)4-6-8;;;/h3-6,9H,2H2,1H3;;;/q;+2;2*-1. The van der Waals surface area contributed by atoms with E-state index in [2.05, 4.69) is 0 Å². The summed E-state index contributed by atoms with van der Waals surface area (Å²) in [4.78, 5) is 0. The topological polar surface area (TPSA) is 29.5 Å². The minimum absolute atomic E-state index is 0. The Kier molecular flexibility index (Phi) is 5.07. The van der Waals surface area contributed by atoms with Gasteiger partial charge in [-0.25, -0.2) is 0 Å². The fourth-order valence-corrected chi connectivity index (χ4v) is 0.709. The molecule has 0 heterocycles. The average molecular weight is 164 g/mol. The van der Waals surface area contributed by atoms with Crippen LogP contribution in [0.4, 0.5) is 0 Å². The van der Waals surface area contributed by atoms with E-state index in [0.29, 0.717) is 6.61 Å². The van der Waals surface area contributed by atoms with E-state index >= 15 is 0 Å². The zero-order chi connectivity index (χ0) is 7.40. The Balaban J connectivity index is -0.000000333. The number of rotatable bonds is 2. The average Bonchev–Trinajstić information content (AvgIpc) is 1.95. The largest absolute Gasteiger partial charge is 2.00 e. The maximum atomic E-state index is 8.87. The van der Waals surface area contributed by atoms with Crippen LogP contribution in [0.2, 0.25) is 0 Å². The van der Waals surface area contributed by atoms with Gasteiger partial charge < -0.3 is 12.7 Å². The first-order chi connectivity index (χ1) is 4.83. The quantitative estimate of drug-likeness (QED) is 0.674. The zero-order valence-electron chi connectivity index (χ0n) is 8.58. The van der Waals surface area contributed by atoms with Gasteiger partial charge in [0.05, 0.1) is 6.61 Å². The Labute approximate surface area is 85.3 Å². The molecule has 1 rings (SSSR count). The van der Waals surface area contributed by atoms with Crippen molar-refractivity contribution in [2.45, 2.75) is 6.92 Å². The molecule has 0 radical (unpaired) electrons. The molecule has 0 atom stereocenters. The molecule has 0 fully saturated rings. The predicted octanol–water partition coefficient (Wildman–Crippen LogP) is 1.64. The molecule has 0 saturated carbocycles. The zero-order valence-corrected chi connectivity index (χ0v) is 7.99. The second-order valence-electron chi connectivity index (χ2n) is 1.93. The summed E-state index contributed by atoms with van der Waals surface area (Å²) >= 11 is 0. The van der Waals surface area contributed by atoms with Gasteiger partial charge in [0.1, 0.15) is 11.5 Å². The van der Waals surface area contributed by atoms with Crippen LogP contribution in [0.3, 0.4) is 0 Å². The van der Waals surface area contributed by atoms with Crippen molar-refractivity contribution in [1.82, 2.24) is 0 Å². The molecule has 0 aliphatic rings. The summed E-state index contributed by atoms with van der Waals surface area (Å²) in [5.74, 6) is 1.06. The van der Waals surface area contributed by atoms with E-state index in [9.17, 15) is 0 Å². The Hall–Kier alpha value is -0.414. The van der Waals surface area contributed by atoms with Gasteiger partial charge in [0.15, 0.2) is 0 Å². The molecule has 0 aliphatic carbocycles. The Morgan fingerprint density at radius 1 is 1.36 bits per heavy atom. The van der Waals surface area contributed by atoms with Crippen molar-refractivity contribution >= 4 is 23.1 Å². The molecule has 1 aromatic rings. The van der Waals surface area contributed by atoms with E-state index < -0.39 is 0 Å². The molecular formula is C8H12MgO2. The van der Waals surface area contributed by atoms with E-state index in [1.165, 1.54) is 0 Å². The summed E-state index contributed by atoms with van der Waals surface area (Å²) in [6, 6.07) is 6.67. The minimum Gasteiger partial charge on any atom is -1.00 e. The third-order valence-corrected chi connectivity index (χ3v) is 1.15. The van der Waals surface area contributed by atoms with Gasteiger partial charge in [-0.15, -0.1) is 0 Å². The van der Waals surface area contributed by atoms with Crippen LogP contribution in [0, 0.1) is 0 Å². The van der Waals surface area contributed by atoms with Crippen molar-refractivity contribution in [3.8, 4) is 11.5 Å². The van der Waals surface area contributed by atoms with Crippen LogP contribution >= 0.6 is 0 Å². The minimum atomic E-state index is 0. The van der Waals surface area contributed by atoms with Crippen molar-refractivity contribution < 1.29 is 12.7 Å². The molecule has 1 N–H and O–H groups in total. The van der Waals surface area contributed by atoms with Crippen LogP contribution in [0.5, 0.6) is 11.5 Å². The maximum absolute atomic E-state index is 8.87. The van der Waals surface area contributed by atoms with Gasteiger partial charge in [0, 0.05) is 0 Å². The molecule has 58 valence electrons. The number of hydrogen-bond donors (Lipinski definition) is 1. The van der Waals surface area contributed by atoms with Crippen molar-refractivity contribution in [1.29, 1.82) is 0 Å². The van der Waals surface area contributed by atoms with Gasteiger partial charge in [-0.1, -0.05) is 0 Å². The van der Waals surface area contributed by atoms with Crippen molar-refractivity contribution in [3.05, 3.63) is 24.3 Å². The molecule has 0 spiro atoms. The third-order valence-electron chi connectivity index (χ3n) is 1.15.